The Bertz CT molecular complexity index is 101. The van der Waals surface area contributed by atoms with E-state index in [0.29, 0.717) is 0 Å². The lowest BCUT2D eigenvalue weighted by molar-refractivity contribution is 0.206. The van der Waals surface area contributed by atoms with Gasteiger partial charge < -0.3 is 5.11 Å². The quantitative estimate of drug-likeness (QED) is 0.595. The largest absolute Gasteiger partial charge is 0.389 e. The summed E-state index contributed by atoms with van der Waals surface area (Å²) in [5, 5.41) is 15.8. The molecule has 0 radical (unpaired) electrons. The van der Waals surface area contributed by atoms with E-state index in [4.69, 9.17) is 33.6 Å². The summed E-state index contributed by atoms with van der Waals surface area (Å²) in [4.78, 5) is 0. The van der Waals surface area contributed by atoms with Crippen molar-refractivity contribution in [1.82, 2.24) is 0 Å². The summed E-state index contributed by atoms with van der Waals surface area (Å²) >= 11 is 10.4. The maximum absolute atomic E-state index is 8.64. The molecule has 0 rings (SSSR count). The molecule has 0 saturated heterocycles. The van der Waals surface area contributed by atoms with Gasteiger partial charge in [-0.2, -0.15) is 5.26 Å². The molecule has 0 aliphatic heterocycles. The van der Waals surface area contributed by atoms with Crippen molar-refractivity contribution in [2.24, 2.45) is 0 Å². The number of alkyl halides is 2. The second-order valence-electron chi connectivity index (χ2n) is 1.25. The number of nitrogens with zero attached hydrogens (tertiary/aromatic N) is 1. The lowest BCUT2D eigenvalue weighted by atomic mass is 10.3. The van der Waals surface area contributed by atoms with Crippen molar-refractivity contribution in [2.45, 2.75) is 11.5 Å². The number of aliphatic hydroxyl groups is 1. The molecule has 46 valence electrons. The van der Waals surface area contributed by atoms with E-state index in [1.54, 1.807) is 6.07 Å². The smallest absolute Gasteiger partial charge is 0.147 e. The van der Waals surface area contributed by atoms with Crippen LogP contribution < -0.4 is 0 Å². The van der Waals surface area contributed by atoms with Gasteiger partial charge in [0.2, 0.25) is 0 Å². The first-order valence-electron chi connectivity index (χ1n) is 2.00. The van der Waals surface area contributed by atoms with Crippen LogP contribution in [0.2, 0.25) is 0 Å². The lowest BCUT2D eigenvalue weighted by Crippen LogP contribution is -2.20. The topological polar surface area (TPSA) is 44.0 Å². The zero-order valence-corrected chi connectivity index (χ0v) is 5.52. The molecule has 0 aliphatic rings. The number of nitriles is 1. The van der Waals surface area contributed by atoms with Crippen LogP contribution in [0, 0.1) is 11.3 Å². The first-order chi connectivity index (χ1) is 3.72. The van der Waals surface area contributed by atoms with Crippen molar-refractivity contribution >= 4 is 23.2 Å². The molecule has 0 bridgehead atoms. The summed E-state index contributed by atoms with van der Waals surface area (Å²) in [5.41, 5.74) is 0. The van der Waals surface area contributed by atoms with Crippen LogP contribution in [0.4, 0.5) is 0 Å². The third kappa shape index (κ3) is 2.37. The van der Waals surface area contributed by atoms with Gasteiger partial charge in [-0.3, -0.25) is 0 Å². The van der Waals surface area contributed by atoms with E-state index < -0.39 is 11.5 Å². The molecular formula is C4H5Cl2NO. The highest BCUT2D eigenvalue weighted by molar-refractivity contribution is 6.24. The Labute approximate surface area is 57.6 Å². The van der Waals surface area contributed by atoms with Crippen LogP contribution in [0.15, 0.2) is 0 Å². The Morgan fingerprint density at radius 3 is 2.38 bits per heavy atom. The number of hydrogen-bond donors (Lipinski definition) is 1. The van der Waals surface area contributed by atoms with Crippen molar-refractivity contribution in [3.05, 3.63) is 0 Å². The zero-order valence-electron chi connectivity index (χ0n) is 4.01. The highest BCUT2D eigenvalue weighted by atomic mass is 35.5. The standard InChI is InChI=1S/C4H5Cl2NO/c5-1-4(8)3(6)2-7/h3-4,8H,1H2. The van der Waals surface area contributed by atoms with Gasteiger partial charge in [0.05, 0.1) is 18.1 Å². The maximum Gasteiger partial charge on any atom is 0.147 e. The highest BCUT2D eigenvalue weighted by Crippen LogP contribution is 2.01. The van der Waals surface area contributed by atoms with Gasteiger partial charge >= 0.3 is 0 Å². The van der Waals surface area contributed by atoms with E-state index in [1.807, 2.05) is 0 Å². The second kappa shape index (κ2) is 3.96. The molecule has 0 aromatic rings. The van der Waals surface area contributed by atoms with E-state index in [1.165, 1.54) is 0 Å². The molecule has 0 amide bonds. The lowest BCUT2D eigenvalue weighted by Gasteiger charge is -2.03. The van der Waals surface area contributed by atoms with Crippen LogP contribution in [-0.2, 0) is 0 Å². The summed E-state index contributed by atoms with van der Waals surface area (Å²) < 4.78 is 0. The summed E-state index contributed by atoms with van der Waals surface area (Å²) in [5.74, 6) is 0.00171. The first kappa shape index (κ1) is 8.03. The molecule has 2 nitrogen and oxygen atoms in total. The maximum atomic E-state index is 8.64. The van der Waals surface area contributed by atoms with Crippen LogP contribution in [0.1, 0.15) is 0 Å². The summed E-state index contributed by atoms with van der Waals surface area (Å²) in [7, 11) is 0. The van der Waals surface area contributed by atoms with E-state index in [-0.39, 0.29) is 5.88 Å². The van der Waals surface area contributed by atoms with E-state index >= 15 is 0 Å². The van der Waals surface area contributed by atoms with Gasteiger partial charge in [-0.1, -0.05) is 0 Å². The van der Waals surface area contributed by atoms with Gasteiger partial charge in [0.1, 0.15) is 5.38 Å². The Kier molecular flexibility index (Phi) is 3.98. The van der Waals surface area contributed by atoms with Gasteiger partial charge in [0.15, 0.2) is 0 Å². The van der Waals surface area contributed by atoms with Crippen LogP contribution >= 0.6 is 23.2 Å². The van der Waals surface area contributed by atoms with Crippen LogP contribution in [-0.4, -0.2) is 22.5 Å². The second-order valence-corrected chi connectivity index (χ2v) is 2.03. The fourth-order valence-corrected chi connectivity index (χ4v) is 0.523. The molecule has 0 aromatic heterocycles. The molecule has 1 N–H and O–H groups in total. The van der Waals surface area contributed by atoms with E-state index in [0.717, 1.165) is 0 Å². The molecule has 2 unspecified atom stereocenters. The highest BCUT2D eigenvalue weighted by Gasteiger charge is 2.12. The minimum Gasteiger partial charge on any atom is -0.389 e. The van der Waals surface area contributed by atoms with Gasteiger partial charge in [-0.25, -0.2) is 0 Å². The Hall–Kier alpha value is 0.0300. The molecule has 0 aromatic carbocycles. The number of rotatable bonds is 2. The number of hydrogen-bond acceptors (Lipinski definition) is 2. The molecule has 0 fully saturated rings. The molecule has 8 heavy (non-hydrogen) atoms. The van der Waals surface area contributed by atoms with Crippen molar-refractivity contribution < 1.29 is 5.11 Å². The Morgan fingerprint density at radius 2 is 2.25 bits per heavy atom. The molecule has 0 spiro atoms. The van der Waals surface area contributed by atoms with Gasteiger partial charge in [0.25, 0.3) is 0 Å². The molecule has 0 saturated carbocycles. The molecular weight excluding hydrogens is 149 g/mol. The fourth-order valence-electron chi connectivity index (χ4n) is 0.164. The third-order valence-corrected chi connectivity index (χ3v) is 1.32. The van der Waals surface area contributed by atoms with Gasteiger partial charge in [0, 0.05) is 0 Å². The summed E-state index contributed by atoms with van der Waals surface area (Å²) in [6.45, 7) is 0. The summed E-state index contributed by atoms with van der Waals surface area (Å²) in [6, 6.07) is 1.65. The first-order valence-corrected chi connectivity index (χ1v) is 2.97. The predicted octanol–water partition coefficient (Wildman–Crippen LogP) is 0.717. The Morgan fingerprint density at radius 1 is 1.75 bits per heavy atom. The van der Waals surface area contributed by atoms with Gasteiger partial charge in [-0.05, 0) is 0 Å². The molecule has 4 heteroatoms. The average Bonchev–Trinajstić information content (AvgIpc) is 1.84. The Balaban J connectivity index is 3.49. The third-order valence-electron chi connectivity index (χ3n) is 0.619. The fraction of sp³-hybridized carbons (Fsp3) is 0.750. The zero-order chi connectivity index (χ0) is 6.57. The molecule has 0 aliphatic carbocycles. The van der Waals surface area contributed by atoms with Crippen LogP contribution in [0.5, 0.6) is 0 Å². The summed E-state index contributed by atoms with van der Waals surface area (Å²) in [6.07, 6.45) is -0.914. The molecule has 2 atom stereocenters. The predicted molar refractivity (Wildman–Crippen MR) is 32.0 cm³/mol. The SMILES string of the molecule is N#CC(Cl)C(O)CCl. The van der Waals surface area contributed by atoms with Crippen molar-refractivity contribution in [1.29, 1.82) is 5.26 Å². The van der Waals surface area contributed by atoms with E-state index in [2.05, 4.69) is 0 Å². The molecule has 0 heterocycles. The number of halogens is 2. The van der Waals surface area contributed by atoms with Gasteiger partial charge in [-0.15, -0.1) is 23.2 Å². The van der Waals surface area contributed by atoms with E-state index in [9.17, 15) is 0 Å². The monoisotopic (exact) mass is 153 g/mol. The number of aliphatic hydroxyl groups excluding tert-OH is 1. The van der Waals surface area contributed by atoms with Crippen molar-refractivity contribution in [3.63, 3.8) is 0 Å². The van der Waals surface area contributed by atoms with Crippen LogP contribution in [0.3, 0.4) is 0 Å². The minimum atomic E-state index is -0.914. The normalized spacial score (nSPS) is 16.8. The average molecular weight is 154 g/mol. The van der Waals surface area contributed by atoms with Crippen molar-refractivity contribution in [2.75, 3.05) is 5.88 Å². The minimum absolute atomic E-state index is 0.00171. The van der Waals surface area contributed by atoms with Crippen molar-refractivity contribution in [3.8, 4) is 6.07 Å². The van der Waals surface area contributed by atoms with Crippen LogP contribution in [0.25, 0.3) is 0 Å².